The van der Waals surface area contributed by atoms with Gasteiger partial charge in [0.2, 0.25) is 5.95 Å². The van der Waals surface area contributed by atoms with Crippen molar-refractivity contribution >= 4 is 23.2 Å². The van der Waals surface area contributed by atoms with Crippen LogP contribution in [0.15, 0.2) is 42.7 Å². The predicted octanol–water partition coefficient (Wildman–Crippen LogP) is 3.99. The Morgan fingerprint density at radius 1 is 1.15 bits per heavy atom. The van der Waals surface area contributed by atoms with E-state index >= 15 is 0 Å². The van der Waals surface area contributed by atoms with E-state index in [9.17, 15) is 14.6 Å². The normalized spacial score (nSPS) is 10.6. The number of nitrogens with one attached hydrogen (secondary N) is 2. The molecule has 1 heterocycles. The molecule has 0 atom stereocenters. The zero-order chi connectivity index (χ0) is 18.7. The number of alkyl halides is 1. The average Bonchev–Trinajstić information content (AvgIpc) is 3.08. The third-order valence-corrected chi connectivity index (χ3v) is 4.02. The second-order valence-corrected chi connectivity index (χ2v) is 5.74. The number of ether oxygens (including phenoxy) is 1. The average molecular weight is 379 g/mol. The number of aromatic nitrogens is 2. The van der Waals surface area contributed by atoms with Gasteiger partial charge in [0, 0.05) is 12.4 Å². The summed E-state index contributed by atoms with van der Waals surface area (Å²) in [7, 11) is 1.51. The van der Waals surface area contributed by atoms with Crippen LogP contribution in [-0.2, 0) is 6.80 Å². The molecule has 1 aromatic heterocycles. The van der Waals surface area contributed by atoms with Gasteiger partial charge >= 0.3 is 0 Å². The largest absolute Gasteiger partial charge is 0.506 e. The number of phenolic OH excluding ortho intramolecular Hbond substituents is 2. The van der Waals surface area contributed by atoms with Crippen molar-refractivity contribution in [3.63, 3.8) is 0 Å². The molecule has 0 spiro atoms. The standard InChI is InChI=1S/C17H16ClFN4O3/c1-26-15-3-2-10(6-12(15)18)11-7-13(24)16(14(25)8-11)21-22-17-20-4-5-23(17)9-19/h2-8,21,24-25H,9H2,1H3,(H,20,22). The van der Waals surface area contributed by atoms with Crippen molar-refractivity contribution in [3.05, 3.63) is 47.7 Å². The SMILES string of the molecule is COc1ccc(-c2cc(O)c(NNc3nccn3CF)c(O)c2)cc1Cl. The summed E-state index contributed by atoms with van der Waals surface area (Å²) in [4.78, 5) is 3.91. The van der Waals surface area contributed by atoms with Crippen LogP contribution in [0.2, 0.25) is 5.02 Å². The Balaban J connectivity index is 1.85. The summed E-state index contributed by atoms with van der Waals surface area (Å²) in [6, 6.07) is 8.03. The van der Waals surface area contributed by atoms with Gasteiger partial charge in [-0.25, -0.2) is 9.37 Å². The molecule has 3 aromatic rings. The number of halogens is 2. The van der Waals surface area contributed by atoms with Gasteiger partial charge in [-0.15, -0.1) is 0 Å². The molecule has 0 bridgehead atoms. The van der Waals surface area contributed by atoms with E-state index in [0.717, 1.165) is 0 Å². The first-order valence-corrected chi connectivity index (χ1v) is 7.90. The van der Waals surface area contributed by atoms with Crippen molar-refractivity contribution in [2.24, 2.45) is 0 Å². The molecule has 2 aromatic carbocycles. The second-order valence-electron chi connectivity index (χ2n) is 5.33. The van der Waals surface area contributed by atoms with E-state index in [0.29, 0.717) is 21.9 Å². The molecule has 9 heteroatoms. The Kier molecular flexibility index (Phi) is 5.04. The Labute approximate surface area is 153 Å². The minimum atomic E-state index is -0.765. The number of nitrogens with zero attached hydrogens (tertiary/aromatic N) is 2. The number of aromatic hydroxyl groups is 2. The number of hydrogen-bond acceptors (Lipinski definition) is 6. The molecule has 0 radical (unpaired) electrons. The number of methoxy groups -OCH3 is 1. The van der Waals surface area contributed by atoms with E-state index in [1.807, 2.05) is 0 Å². The highest BCUT2D eigenvalue weighted by Crippen LogP contribution is 2.39. The minimum Gasteiger partial charge on any atom is -0.506 e. The molecule has 7 nitrogen and oxygen atoms in total. The number of hydrazine groups is 1. The molecule has 26 heavy (non-hydrogen) atoms. The Morgan fingerprint density at radius 3 is 2.50 bits per heavy atom. The van der Waals surface area contributed by atoms with Crippen LogP contribution in [0.3, 0.4) is 0 Å². The van der Waals surface area contributed by atoms with Crippen molar-refractivity contribution in [1.82, 2.24) is 9.55 Å². The number of rotatable bonds is 6. The van der Waals surface area contributed by atoms with Gasteiger partial charge in [-0.2, -0.15) is 0 Å². The number of phenols is 2. The van der Waals surface area contributed by atoms with Crippen LogP contribution in [0, 0.1) is 0 Å². The van der Waals surface area contributed by atoms with Gasteiger partial charge < -0.3 is 14.9 Å². The van der Waals surface area contributed by atoms with Crippen molar-refractivity contribution < 1.29 is 19.3 Å². The molecule has 3 rings (SSSR count). The lowest BCUT2D eigenvalue weighted by molar-refractivity contribution is 0.380. The van der Waals surface area contributed by atoms with Crippen LogP contribution in [0.25, 0.3) is 11.1 Å². The molecule has 0 unspecified atom stereocenters. The van der Waals surface area contributed by atoms with Gasteiger partial charge in [0.1, 0.15) is 22.9 Å². The molecule has 0 aliphatic heterocycles. The Bertz CT molecular complexity index is 909. The highest BCUT2D eigenvalue weighted by Gasteiger charge is 2.13. The maximum Gasteiger partial charge on any atom is 0.224 e. The van der Waals surface area contributed by atoms with Gasteiger partial charge in [-0.1, -0.05) is 17.7 Å². The summed E-state index contributed by atoms with van der Waals surface area (Å²) in [5.74, 6) is 0.294. The third kappa shape index (κ3) is 3.45. The van der Waals surface area contributed by atoms with Gasteiger partial charge in [-0.05, 0) is 35.4 Å². The van der Waals surface area contributed by atoms with Crippen molar-refractivity contribution in [1.29, 1.82) is 0 Å². The minimum absolute atomic E-state index is 0.0294. The van der Waals surface area contributed by atoms with E-state index in [2.05, 4.69) is 15.8 Å². The zero-order valence-electron chi connectivity index (χ0n) is 13.7. The topological polar surface area (TPSA) is 91.6 Å². The van der Waals surface area contributed by atoms with E-state index in [4.69, 9.17) is 16.3 Å². The maximum absolute atomic E-state index is 12.8. The summed E-state index contributed by atoms with van der Waals surface area (Å²) < 4.78 is 19.1. The Morgan fingerprint density at radius 2 is 1.88 bits per heavy atom. The molecule has 0 fully saturated rings. The van der Waals surface area contributed by atoms with Crippen LogP contribution >= 0.6 is 11.6 Å². The monoisotopic (exact) mass is 378 g/mol. The van der Waals surface area contributed by atoms with E-state index in [-0.39, 0.29) is 23.1 Å². The molecule has 136 valence electrons. The fourth-order valence-corrected chi connectivity index (χ4v) is 2.66. The number of benzene rings is 2. The predicted molar refractivity (Wildman–Crippen MR) is 97.4 cm³/mol. The summed E-state index contributed by atoms with van der Waals surface area (Å²) >= 11 is 6.11. The first-order valence-electron chi connectivity index (χ1n) is 7.52. The highest BCUT2D eigenvalue weighted by atomic mass is 35.5. The lowest BCUT2D eigenvalue weighted by Crippen LogP contribution is -2.13. The van der Waals surface area contributed by atoms with E-state index in [1.165, 1.54) is 36.2 Å². The van der Waals surface area contributed by atoms with Crippen LogP contribution < -0.4 is 15.6 Å². The zero-order valence-corrected chi connectivity index (χ0v) is 14.5. The molecule has 4 N–H and O–H groups in total. The van der Waals surface area contributed by atoms with E-state index < -0.39 is 6.80 Å². The number of anilines is 2. The summed E-state index contributed by atoms with van der Waals surface area (Å²) in [6.45, 7) is -0.765. The highest BCUT2D eigenvalue weighted by molar-refractivity contribution is 6.32. The molecular weight excluding hydrogens is 363 g/mol. The maximum atomic E-state index is 12.8. The Hall–Kier alpha value is -3.13. The smallest absolute Gasteiger partial charge is 0.224 e. The van der Waals surface area contributed by atoms with Crippen LogP contribution in [0.1, 0.15) is 0 Å². The van der Waals surface area contributed by atoms with Crippen LogP contribution in [-0.4, -0.2) is 26.9 Å². The summed E-state index contributed by atoms with van der Waals surface area (Å²) in [5, 5.41) is 20.9. The molecule has 0 saturated heterocycles. The first-order chi connectivity index (χ1) is 12.5. The van der Waals surface area contributed by atoms with Gasteiger partial charge in [0.05, 0.1) is 12.1 Å². The first kappa shape index (κ1) is 17.7. The summed E-state index contributed by atoms with van der Waals surface area (Å²) in [5.41, 5.74) is 6.52. The van der Waals surface area contributed by atoms with Crippen LogP contribution in [0.5, 0.6) is 17.2 Å². The lowest BCUT2D eigenvalue weighted by atomic mass is 10.0. The quantitative estimate of drug-likeness (QED) is 0.383. The fraction of sp³-hybridized carbons (Fsp3) is 0.118. The van der Waals surface area contributed by atoms with Gasteiger partial charge in [0.15, 0.2) is 6.80 Å². The van der Waals surface area contributed by atoms with Crippen molar-refractivity contribution in [2.75, 3.05) is 18.0 Å². The molecular formula is C17H16ClFN4O3. The second kappa shape index (κ2) is 7.40. The third-order valence-electron chi connectivity index (χ3n) is 3.73. The van der Waals surface area contributed by atoms with E-state index in [1.54, 1.807) is 18.2 Å². The fourth-order valence-electron chi connectivity index (χ4n) is 2.40. The lowest BCUT2D eigenvalue weighted by Gasteiger charge is -2.14. The van der Waals surface area contributed by atoms with Crippen molar-refractivity contribution in [2.45, 2.75) is 6.80 Å². The molecule has 0 aliphatic carbocycles. The molecule has 0 aliphatic rings. The number of hydrogen-bond donors (Lipinski definition) is 4. The number of imidazole rings is 1. The molecule has 0 amide bonds. The summed E-state index contributed by atoms with van der Waals surface area (Å²) in [6.07, 6.45) is 2.86. The van der Waals surface area contributed by atoms with Crippen LogP contribution in [0.4, 0.5) is 16.0 Å². The van der Waals surface area contributed by atoms with Crippen molar-refractivity contribution in [3.8, 4) is 28.4 Å². The molecule has 0 saturated carbocycles. The van der Waals surface area contributed by atoms with Gasteiger partial charge in [0.25, 0.3) is 0 Å². The van der Waals surface area contributed by atoms with Gasteiger partial charge in [-0.3, -0.25) is 15.4 Å².